The minimum Gasteiger partial charge on any atom is -0.338 e. The van der Waals surface area contributed by atoms with Gasteiger partial charge in [-0.25, -0.2) is 0 Å². The molecule has 1 aliphatic heterocycles. The van der Waals surface area contributed by atoms with Gasteiger partial charge in [-0.2, -0.15) is 0 Å². The van der Waals surface area contributed by atoms with E-state index >= 15 is 0 Å². The zero-order valence-electron chi connectivity index (χ0n) is 13.5. The molecule has 2 N–H and O–H groups in total. The van der Waals surface area contributed by atoms with E-state index in [0.717, 1.165) is 30.8 Å². The molecule has 23 heavy (non-hydrogen) atoms. The zero-order valence-corrected chi connectivity index (χ0v) is 15.1. The van der Waals surface area contributed by atoms with Crippen molar-refractivity contribution in [3.63, 3.8) is 0 Å². The molecule has 0 radical (unpaired) electrons. The SMILES string of the molecule is Cl.NCC1(CC(=O)N2CCc3c(Cl)cccc3C2)CCCCC1. The first kappa shape index (κ1) is 18.6. The highest BCUT2D eigenvalue weighted by Gasteiger charge is 2.35. The van der Waals surface area contributed by atoms with Crippen LogP contribution >= 0.6 is 24.0 Å². The number of fused-ring (bicyclic) bond motifs is 1. The molecule has 1 aromatic carbocycles. The second-order valence-electron chi connectivity index (χ2n) is 6.88. The van der Waals surface area contributed by atoms with Crippen molar-refractivity contribution in [1.82, 2.24) is 4.90 Å². The lowest BCUT2D eigenvalue weighted by Crippen LogP contribution is -2.42. The molecule has 3 rings (SSSR count). The van der Waals surface area contributed by atoms with Gasteiger partial charge in [0.25, 0.3) is 0 Å². The third kappa shape index (κ3) is 4.01. The number of amides is 1. The van der Waals surface area contributed by atoms with Crippen LogP contribution in [0.1, 0.15) is 49.7 Å². The molecule has 128 valence electrons. The predicted octanol–water partition coefficient (Wildman–Crippen LogP) is 3.95. The van der Waals surface area contributed by atoms with Crippen LogP contribution in [0, 0.1) is 5.41 Å². The summed E-state index contributed by atoms with van der Waals surface area (Å²) in [5.41, 5.74) is 8.47. The summed E-state index contributed by atoms with van der Waals surface area (Å²) >= 11 is 6.25. The Bertz CT molecular complexity index is 556. The lowest BCUT2D eigenvalue weighted by atomic mass is 9.71. The number of halogens is 2. The van der Waals surface area contributed by atoms with Crippen molar-refractivity contribution < 1.29 is 4.79 Å². The number of nitrogens with two attached hydrogens (primary N) is 1. The van der Waals surface area contributed by atoms with Gasteiger partial charge in [0, 0.05) is 24.5 Å². The van der Waals surface area contributed by atoms with Crippen LogP contribution in [0.4, 0.5) is 0 Å². The highest BCUT2D eigenvalue weighted by molar-refractivity contribution is 6.31. The molecule has 0 spiro atoms. The summed E-state index contributed by atoms with van der Waals surface area (Å²) < 4.78 is 0. The number of hydrogen-bond acceptors (Lipinski definition) is 2. The first-order valence-electron chi connectivity index (χ1n) is 8.38. The summed E-state index contributed by atoms with van der Waals surface area (Å²) in [5.74, 6) is 0.262. The number of benzene rings is 1. The van der Waals surface area contributed by atoms with Crippen LogP contribution in [-0.4, -0.2) is 23.9 Å². The predicted molar refractivity (Wildman–Crippen MR) is 97.0 cm³/mol. The molecule has 3 nitrogen and oxygen atoms in total. The van der Waals surface area contributed by atoms with E-state index in [2.05, 4.69) is 6.07 Å². The number of hydrogen-bond donors (Lipinski definition) is 1. The van der Waals surface area contributed by atoms with E-state index < -0.39 is 0 Å². The Kier molecular flexibility index (Phi) is 6.35. The van der Waals surface area contributed by atoms with Crippen molar-refractivity contribution in [2.45, 2.75) is 51.5 Å². The molecule has 0 atom stereocenters. The third-order valence-corrected chi connectivity index (χ3v) is 5.79. The molecule has 1 aliphatic carbocycles. The van der Waals surface area contributed by atoms with E-state index in [4.69, 9.17) is 17.3 Å². The second kappa shape index (κ2) is 7.87. The van der Waals surface area contributed by atoms with Crippen molar-refractivity contribution in [1.29, 1.82) is 0 Å². The van der Waals surface area contributed by atoms with E-state index in [9.17, 15) is 4.79 Å². The third-order valence-electron chi connectivity index (χ3n) is 5.43. The first-order chi connectivity index (χ1) is 10.6. The normalized spacial score (nSPS) is 19.7. The lowest BCUT2D eigenvalue weighted by molar-refractivity contribution is -0.135. The summed E-state index contributed by atoms with van der Waals surface area (Å²) in [6.45, 7) is 2.10. The van der Waals surface area contributed by atoms with Crippen LogP contribution in [0.5, 0.6) is 0 Å². The average molecular weight is 357 g/mol. The van der Waals surface area contributed by atoms with E-state index in [0.29, 0.717) is 19.5 Å². The maximum Gasteiger partial charge on any atom is 0.223 e. The lowest BCUT2D eigenvalue weighted by Gasteiger charge is -2.38. The van der Waals surface area contributed by atoms with Crippen molar-refractivity contribution in [3.05, 3.63) is 34.3 Å². The summed E-state index contributed by atoms with van der Waals surface area (Å²) in [5, 5.41) is 0.829. The van der Waals surface area contributed by atoms with Gasteiger partial charge >= 0.3 is 0 Å². The van der Waals surface area contributed by atoms with Gasteiger partial charge in [0.15, 0.2) is 0 Å². The van der Waals surface area contributed by atoms with E-state index in [-0.39, 0.29) is 23.7 Å². The minimum absolute atomic E-state index is 0. The van der Waals surface area contributed by atoms with Gasteiger partial charge in [-0.05, 0) is 48.4 Å². The van der Waals surface area contributed by atoms with Gasteiger partial charge in [-0.3, -0.25) is 4.79 Å². The van der Waals surface area contributed by atoms with E-state index in [1.807, 2.05) is 17.0 Å². The van der Waals surface area contributed by atoms with Crippen LogP contribution < -0.4 is 5.73 Å². The quantitative estimate of drug-likeness (QED) is 0.891. The van der Waals surface area contributed by atoms with Crippen LogP contribution in [-0.2, 0) is 17.8 Å². The fourth-order valence-corrected chi connectivity index (χ4v) is 4.25. The highest BCUT2D eigenvalue weighted by atomic mass is 35.5. The van der Waals surface area contributed by atoms with Crippen molar-refractivity contribution in [2.24, 2.45) is 11.1 Å². The molecule has 1 heterocycles. The maximum absolute atomic E-state index is 12.8. The number of rotatable bonds is 3. The maximum atomic E-state index is 12.8. The molecule has 1 fully saturated rings. The van der Waals surface area contributed by atoms with Crippen LogP contribution in [0.25, 0.3) is 0 Å². The number of carbonyl (C=O) groups excluding carboxylic acids is 1. The molecule has 0 saturated heterocycles. The van der Waals surface area contributed by atoms with Gasteiger partial charge in [0.2, 0.25) is 5.91 Å². The van der Waals surface area contributed by atoms with Gasteiger partial charge in [-0.15, -0.1) is 12.4 Å². The van der Waals surface area contributed by atoms with Gasteiger partial charge < -0.3 is 10.6 Å². The average Bonchev–Trinajstić information content (AvgIpc) is 2.55. The monoisotopic (exact) mass is 356 g/mol. The molecule has 0 aromatic heterocycles. The molecule has 1 amide bonds. The smallest absolute Gasteiger partial charge is 0.223 e. The fraction of sp³-hybridized carbons (Fsp3) is 0.611. The molecule has 0 unspecified atom stereocenters. The summed E-state index contributed by atoms with van der Waals surface area (Å²) in [6.07, 6.45) is 7.38. The summed E-state index contributed by atoms with van der Waals surface area (Å²) in [7, 11) is 0. The Balaban J connectivity index is 0.00000192. The van der Waals surface area contributed by atoms with E-state index in [1.54, 1.807) is 0 Å². The molecule has 1 saturated carbocycles. The second-order valence-corrected chi connectivity index (χ2v) is 7.29. The Hall–Kier alpha value is -0.770. The van der Waals surface area contributed by atoms with Crippen molar-refractivity contribution >= 4 is 29.9 Å². The molecular formula is C18H26Cl2N2O. The van der Waals surface area contributed by atoms with Crippen molar-refractivity contribution in [2.75, 3.05) is 13.1 Å². The largest absolute Gasteiger partial charge is 0.338 e. The topological polar surface area (TPSA) is 46.3 Å². The summed E-state index contributed by atoms with van der Waals surface area (Å²) in [4.78, 5) is 14.8. The molecule has 0 bridgehead atoms. The zero-order chi connectivity index (χ0) is 15.6. The van der Waals surface area contributed by atoms with Crippen LogP contribution in [0.2, 0.25) is 5.02 Å². The fourth-order valence-electron chi connectivity index (χ4n) is 3.96. The Morgan fingerprint density at radius 2 is 2.00 bits per heavy atom. The molecular weight excluding hydrogens is 331 g/mol. The Labute approximate surface area is 150 Å². The molecule has 2 aliphatic rings. The van der Waals surface area contributed by atoms with Gasteiger partial charge in [0.1, 0.15) is 0 Å². The van der Waals surface area contributed by atoms with Crippen molar-refractivity contribution in [3.8, 4) is 0 Å². The minimum atomic E-state index is 0. The standard InChI is InChI=1S/C18H25ClN2O.ClH/c19-16-6-4-5-14-12-21(10-7-15(14)16)17(22)11-18(13-20)8-2-1-3-9-18;/h4-6H,1-3,7-13,20H2;1H. The van der Waals surface area contributed by atoms with Crippen LogP contribution in [0.3, 0.4) is 0 Å². The highest BCUT2D eigenvalue weighted by Crippen LogP contribution is 2.39. The Morgan fingerprint density at radius 1 is 1.26 bits per heavy atom. The first-order valence-corrected chi connectivity index (χ1v) is 8.75. The van der Waals surface area contributed by atoms with Gasteiger partial charge in [-0.1, -0.05) is 43.0 Å². The number of nitrogens with zero attached hydrogens (tertiary/aromatic N) is 1. The van der Waals surface area contributed by atoms with Crippen LogP contribution in [0.15, 0.2) is 18.2 Å². The molecule has 5 heteroatoms. The van der Waals surface area contributed by atoms with E-state index in [1.165, 1.54) is 30.4 Å². The van der Waals surface area contributed by atoms with Gasteiger partial charge in [0.05, 0.1) is 0 Å². The summed E-state index contributed by atoms with van der Waals surface area (Å²) in [6, 6.07) is 5.99. The number of carbonyl (C=O) groups is 1. The Morgan fingerprint density at radius 3 is 2.70 bits per heavy atom. The molecule has 1 aromatic rings.